The SMILES string of the molecule is O=C(O)/C(=C\c1ccc(Oc2ccccc2Br)cc1)NC(=O)c1ccccc1C(=O)O. The maximum absolute atomic E-state index is 12.5. The number of hydrogen-bond acceptors (Lipinski definition) is 4. The Balaban J connectivity index is 1.79. The highest BCUT2D eigenvalue weighted by molar-refractivity contribution is 9.10. The Kier molecular flexibility index (Phi) is 6.84. The van der Waals surface area contributed by atoms with Gasteiger partial charge in [0.25, 0.3) is 5.91 Å². The van der Waals surface area contributed by atoms with Crippen LogP contribution in [0.1, 0.15) is 26.3 Å². The lowest BCUT2D eigenvalue weighted by Crippen LogP contribution is -2.28. The minimum atomic E-state index is -1.37. The van der Waals surface area contributed by atoms with Crippen LogP contribution in [0.5, 0.6) is 11.5 Å². The van der Waals surface area contributed by atoms with Crippen LogP contribution in [0.15, 0.2) is 83.0 Å². The van der Waals surface area contributed by atoms with Gasteiger partial charge in [0.2, 0.25) is 0 Å². The Bertz CT molecular complexity index is 1170. The molecule has 156 valence electrons. The molecule has 0 saturated carbocycles. The van der Waals surface area contributed by atoms with E-state index < -0.39 is 23.5 Å². The summed E-state index contributed by atoms with van der Waals surface area (Å²) in [6.07, 6.45) is 1.27. The summed E-state index contributed by atoms with van der Waals surface area (Å²) in [5.41, 5.74) is -0.258. The number of nitrogens with one attached hydrogen (secondary N) is 1. The van der Waals surface area contributed by atoms with Gasteiger partial charge in [-0.3, -0.25) is 4.79 Å². The molecule has 3 rings (SSSR count). The number of para-hydroxylation sites is 1. The van der Waals surface area contributed by atoms with Crippen LogP contribution in [0.25, 0.3) is 6.08 Å². The van der Waals surface area contributed by atoms with Crippen molar-refractivity contribution < 1.29 is 29.3 Å². The zero-order chi connectivity index (χ0) is 22.4. The molecule has 0 radical (unpaired) electrons. The largest absolute Gasteiger partial charge is 0.478 e. The van der Waals surface area contributed by atoms with Crippen LogP contribution in [-0.4, -0.2) is 28.1 Å². The number of ether oxygens (including phenoxy) is 1. The Morgan fingerprint density at radius 2 is 1.45 bits per heavy atom. The van der Waals surface area contributed by atoms with Crippen molar-refractivity contribution in [3.8, 4) is 11.5 Å². The van der Waals surface area contributed by atoms with E-state index in [0.29, 0.717) is 17.1 Å². The highest BCUT2D eigenvalue weighted by Crippen LogP contribution is 2.29. The highest BCUT2D eigenvalue weighted by atomic mass is 79.9. The topological polar surface area (TPSA) is 113 Å². The zero-order valence-corrected chi connectivity index (χ0v) is 17.5. The van der Waals surface area contributed by atoms with E-state index in [2.05, 4.69) is 21.2 Å². The number of rotatable bonds is 7. The molecule has 3 N–H and O–H groups in total. The van der Waals surface area contributed by atoms with Gasteiger partial charge in [-0.05, 0) is 64.0 Å². The van der Waals surface area contributed by atoms with Crippen LogP contribution < -0.4 is 10.1 Å². The molecule has 0 bridgehead atoms. The Morgan fingerprint density at radius 3 is 2.06 bits per heavy atom. The van der Waals surface area contributed by atoms with E-state index in [-0.39, 0.29) is 11.1 Å². The van der Waals surface area contributed by atoms with Gasteiger partial charge in [-0.25, -0.2) is 9.59 Å². The number of carboxylic acids is 2. The second-order valence-corrected chi connectivity index (χ2v) is 7.12. The maximum Gasteiger partial charge on any atom is 0.352 e. The lowest BCUT2D eigenvalue weighted by atomic mass is 10.1. The summed E-state index contributed by atoms with van der Waals surface area (Å²) in [4.78, 5) is 35.4. The number of carbonyl (C=O) groups excluding carboxylic acids is 1. The van der Waals surface area contributed by atoms with E-state index in [9.17, 15) is 24.6 Å². The number of carboxylic acid groups (broad SMARTS) is 2. The van der Waals surface area contributed by atoms with E-state index >= 15 is 0 Å². The molecule has 0 aromatic heterocycles. The fourth-order valence-electron chi connectivity index (χ4n) is 2.66. The van der Waals surface area contributed by atoms with E-state index in [1.807, 2.05) is 18.2 Å². The molecule has 1 amide bonds. The maximum atomic E-state index is 12.5. The molecular weight excluding hydrogens is 466 g/mol. The van der Waals surface area contributed by atoms with Gasteiger partial charge in [0.05, 0.1) is 15.6 Å². The molecule has 0 heterocycles. The third kappa shape index (κ3) is 5.58. The first-order valence-electron chi connectivity index (χ1n) is 8.96. The summed E-state index contributed by atoms with van der Waals surface area (Å²) in [5.74, 6) is -2.32. The van der Waals surface area contributed by atoms with E-state index in [1.165, 1.54) is 30.3 Å². The third-order valence-corrected chi connectivity index (χ3v) is 4.79. The Hall–Kier alpha value is -3.91. The van der Waals surface area contributed by atoms with Crippen LogP contribution in [0.3, 0.4) is 0 Å². The average molecular weight is 482 g/mol. The van der Waals surface area contributed by atoms with Crippen molar-refractivity contribution in [3.05, 3.63) is 99.7 Å². The molecule has 0 aliphatic heterocycles. The summed E-state index contributed by atoms with van der Waals surface area (Å²) in [6.45, 7) is 0. The van der Waals surface area contributed by atoms with Crippen LogP contribution in [0.4, 0.5) is 0 Å². The molecule has 0 unspecified atom stereocenters. The van der Waals surface area contributed by atoms with Gasteiger partial charge in [-0.15, -0.1) is 0 Å². The summed E-state index contributed by atoms with van der Waals surface area (Å²) < 4.78 is 6.55. The van der Waals surface area contributed by atoms with Gasteiger partial charge in [-0.1, -0.05) is 36.4 Å². The van der Waals surface area contributed by atoms with Gasteiger partial charge in [0.1, 0.15) is 17.2 Å². The van der Waals surface area contributed by atoms with Gasteiger partial charge in [0, 0.05) is 0 Å². The average Bonchev–Trinajstić information content (AvgIpc) is 2.76. The van der Waals surface area contributed by atoms with Crippen molar-refractivity contribution in [2.75, 3.05) is 0 Å². The van der Waals surface area contributed by atoms with E-state index in [1.54, 1.807) is 30.3 Å². The second-order valence-electron chi connectivity index (χ2n) is 6.27. The Labute approximate surface area is 185 Å². The Morgan fingerprint density at radius 1 is 0.839 bits per heavy atom. The number of hydrogen-bond donors (Lipinski definition) is 3. The van der Waals surface area contributed by atoms with E-state index in [4.69, 9.17) is 4.74 Å². The van der Waals surface area contributed by atoms with Gasteiger partial charge in [-0.2, -0.15) is 0 Å². The number of amides is 1. The molecule has 0 spiro atoms. The molecule has 8 heteroatoms. The van der Waals surface area contributed by atoms with Crippen LogP contribution in [0.2, 0.25) is 0 Å². The molecule has 0 atom stereocenters. The van der Waals surface area contributed by atoms with Crippen molar-refractivity contribution >= 4 is 39.9 Å². The molecule has 0 aliphatic carbocycles. The highest BCUT2D eigenvalue weighted by Gasteiger charge is 2.19. The van der Waals surface area contributed by atoms with Crippen LogP contribution in [0, 0.1) is 0 Å². The molecule has 3 aromatic carbocycles. The van der Waals surface area contributed by atoms with Crippen molar-refractivity contribution in [2.24, 2.45) is 0 Å². The molecule has 0 fully saturated rings. The van der Waals surface area contributed by atoms with Gasteiger partial charge >= 0.3 is 11.9 Å². The van der Waals surface area contributed by atoms with Gasteiger partial charge in [0.15, 0.2) is 0 Å². The molecule has 7 nitrogen and oxygen atoms in total. The van der Waals surface area contributed by atoms with Crippen molar-refractivity contribution in [1.29, 1.82) is 0 Å². The minimum absolute atomic E-state index is 0.140. The summed E-state index contributed by atoms with van der Waals surface area (Å²) >= 11 is 3.40. The van der Waals surface area contributed by atoms with E-state index in [0.717, 1.165) is 4.47 Å². The number of carbonyl (C=O) groups is 3. The molecular formula is C23H16BrNO6. The fourth-order valence-corrected chi connectivity index (χ4v) is 3.03. The summed E-state index contributed by atoms with van der Waals surface area (Å²) in [7, 11) is 0. The second kappa shape index (κ2) is 9.73. The van der Waals surface area contributed by atoms with Crippen molar-refractivity contribution in [1.82, 2.24) is 5.32 Å². The fraction of sp³-hybridized carbons (Fsp3) is 0. The first kappa shape index (κ1) is 21.8. The number of benzene rings is 3. The molecule has 3 aromatic rings. The zero-order valence-electron chi connectivity index (χ0n) is 15.9. The van der Waals surface area contributed by atoms with Gasteiger partial charge < -0.3 is 20.3 Å². The predicted octanol–water partition coefficient (Wildman–Crippen LogP) is 4.80. The van der Waals surface area contributed by atoms with Crippen molar-refractivity contribution in [2.45, 2.75) is 0 Å². The monoisotopic (exact) mass is 481 g/mol. The standard InChI is InChI=1S/C23H16BrNO6/c24-18-7-3-4-8-20(18)31-15-11-9-14(10-12-15)13-19(23(29)30)25-21(26)16-5-1-2-6-17(16)22(27)28/h1-13H,(H,25,26)(H,27,28)(H,29,30)/b19-13+. The predicted molar refractivity (Wildman–Crippen MR) is 117 cm³/mol. The van der Waals surface area contributed by atoms with Crippen molar-refractivity contribution in [3.63, 3.8) is 0 Å². The number of aliphatic carboxylic acids is 1. The minimum Gasteiger partial charge on any atom is -0.478 e. The summed E-state index contributed by atoms with van der Waals surface area (Å²) in [5, 5.41) is 20.9. The van der Waals surface area contributed by atoms with Crippen LogP contribution >= 0.6 is 15.9 Å². The first-order chi connectivity index (χ1) is 14.8. The smallest absolute Gasteiger partial charge is 0.352 e. The molecule has 0 aliphatic rings. The summed E-state index contributed by atoms with van der Waals surface area (Å²) in [6, 6.07) is 19.5. The lowest BCUT2D eigenvalue weighted by molar-refractivity contribution is -0.132. The molecule has 31 heavy (non-hydrogen) atoms. The normalized spacial score (nSPS) is 10.9. The number of aromatic carboxylic acids is 1. The third-order valence-electron chi connectivity index (χ3n) is 4.14. The molecule has 0 saturated heterocycles. The number of halogens is 1. The quantitative estimate of drug-likeness (QED) is 0.418. The lowest BCUT2D eigenvalue weighted by Gasteiger charge is -2.09. The first-order valence-corrected chi connectivity index (χ1v) is 9.75. The van der Waals surface area contributed by atoms with Crippen LogP contribution in [-0.2, 0) is 4.79 Å².